The average Bonchev–Trinajstić information content (AvgIpc) is 3.15. The van der Waals surface area contributed by atoms with E-state index in [4.69, 9.17) is 0 Å². The first-order valence-corrected chi connectivity index (χ1v) is 9.26. The van der Waals surface area contributed by atoms with Crippen LogP contribution in [-0.2, 0) is 6.54 Å². The number of amides is 3. The smallest absolute Gasteiger partial charge is 0.317 e. The summed E-state index contributed by atoms with van der Waals surface area (Å²) in [7, 11) is 1.76. The number of nitrogens with zero attached hydrogens (tertiary/aromatic N) is 3. The first kappa shape index (κ1) is 17.4. The highest BCUT2D eigenvalue weighted by Gasteiger charge is 2.26. The Hall–Kier alpha value is -2.41. The molecule has 0 bridgehead atoms. The molecule has 2 aromatic rings. The molecule has 0 radical (unpaired) electrons. The fraction of sp³-hybridized carbons (Fsp3) is 0.389. The van der Waals surface area contributed by atoms with Crippen molar-refractivity contribution in [3.05, 3.63) is 52.5 Å². The van der Waals surface area contributed by atoms with Crippen molar-refractivity contribution < 1.29 is 9.59 Å². The lowest BCUT2D eigenvalue weighted by molar-refractivity contribution is 0.0695. The molecular weight excluding hydrogens is 336 g/mol. The number of thiazole rings is 1. The lowest BCUT2D eigenvalue weighted by atomic mass is 10.0. The summed E-state index contributed by atoms with van der Waals surface area (Å²) in [6, 6.07) is 9.13. The van der Waals surface area contributed by atoms with Crippen molar-refractivity contribution in [3.63, 3.8) is 0 Å². The Balaban J connectivity index is 1.54. The van der Waals surface area contributed by atoms with Gasteiger partial charge >= 0.3 is 6.03 Å². The zero-order valence-electron chi connectivity index (χ0n) is 14.2. The topological polar surface area (TPSA) is 65.5 Å². The first-order chi connectivity index (χ1) is 12.1. The molecule has 3 amide bonds. The Morgan fingerprint density at radius 3 is 2.88 bits per heavy atom. The van der Waals surface area contributed by atoms with Gasteiger partial charge in [-0.25, -0.2) is 9.78 Å². The fourth-order valence-electron chi connectivity index (χ4n) is 2.93. The minimum absolute atomic E-state index is 0.0207. The van der Waals surface area contributed by atoms with Crippen LogP contribution in [0.15, 0.2) is 41.9 Å². The van der Waals surface area contributed by atoms with Crippen molar-refractivity contribution in [1.82, 2.24) is 20.1 Å². The number of urea groups is 1. The highest BCUT2D eigenvalue weighted by Crippen LogP contribution is 2.14. The summed E-state index contributed by atoms with van der Waals surface area (Å²) in [5.74, 6) is 0.0238. The van der Waals surface area contributed by atoms with Gasteiger partial charge in [0.15, 0.2) is 0 Å². The molecule has 0 unspecified atom stereocenters. The van der Waals surface area contributed by atoms with E-state index in [2.05, 4.69) is 10.3 Å². The third kappa shape index (κ3) is 4.57. The Bertz CT molecular complexity index is 705. The summed E-state index contributed by atoms with van der Waals surface area (Å²) in [5.41, 5.74) is 0.690. The monoisotopic (exact) mass is 358 g/mol. The van der Waals surface area contributed by atoms with E-state index in [1.54, 1.807) is 18.1 Å². The molecule has 7 heteroatoms. The normalized spacial score (nSPS) is 17.2. The van der Waals surface area contributed by atoms with Crippen LogP contribution >= 0.6 is 11.3 Å². The molecule has 132 valence electrons. The zero-order valence-corrected chi connectivity index (χ0v) is 15.0. The number of nitrogens with one attached hydrogen (secondary N) is 1. The second-order valence-electron chi connectivity index (χ2n) is 6.19. The lowest BCUT2D eigenvalue weighted by Gasteiger charge is -2.34. The lowest BCUT2D eigenvalue weighted by Crippen LogP contribution is -2.52. The molecule has 3 rings (SSSR count). The highest BCUT2D eigenvalue weighted by molar-refractivity contribution is 7.09. The molecule has 1 aliphatic heterocycles. The third-order valence-electron chi connectivity index (χ3n) is 4.26. The summed E-state index contributed by atoms with van der Waals surface area (Å²) in [6.07, 6.45) is 3.51. The maximum absolute atomic E-state index is 12.6. The molecule has 1 fully saturated rings. The Morgan fingerprint density at radius 1 is 1.36 bits per heavy atom. The number of aromatic nitrogens is 1. The van der Waals surface area contributed by atoms with E-state index in [0.717, 1.165) is 24.4 Å². The second kappa shape index (κ2) is 8.11. The summed E-state index contributed by atoms with van der Waals surface area (Å²) < 4.78 is 0. The number of carbonyl (C=O) groups is 2. The van der Waals surface area contributed by atoms with E-state index in [1.165, 1.54) is 11.3 Å². The van der Waals surface area contributed by atoms with E-state index in [0.29, 0.717) is 18.7 Å². The number of hydrogen-bond acceptors (Lipinski definition) is 4. The van der Waals surface area contributed by atoms with E-state index >= 15 is 0 Å². The van der Waals surface area contributed by atoms with Gasteiger partial charge in [0, 0.05) is 43.3 Å². The van der Waals surface area contributed by atoms with Gasteiger partial charge < -0.3 is 15.1 Å². The number of hydrogen-bond donors (Lipinski definition) is 1. The molecule has 1 saturated heterocycles. The van der Waals surface area contributed by atoms with Crippen molar-refractivity contribution in [2.75, 3.05) is 20.1 Å². The second-order valence-corrected chi connectivity index (χ2v) is 7.17. The molecular formula is C18H22N4O2S. The van der Waals surface area contributed by atoms with Crippen LogP contribution in [0.25, 0.3) is 0 Å². The molecule has 1 aromatic heterocycles. The number of likely N-dealkylation sites (tertiary alicyclic amines) is 1. The number of carbonyl (C=O) groups excluding carboxylic acids is 2. The maximum Gasteiger partial charge on any atom is 0.317 e. The Labute approximate surface area is 151 Å². The third-order valence-corrected chi connectivity index (χ3v) is 5.02. The Kier molecular flexibility index (Phi) is 5.65. The fourth-order valence-corrected chi connectivity index (χ4v) is 3.60. The minimum Gasteiger partial charge on any atom is -0.337 e. The molecule has 2 heterocycles. The standard InChI is InChI=1S/C18H22N4O2S/c1-21(13-16-19-9-11-25-16)18(24)20-15-8-5-10-22(12-15)17(23)14-6-3-2-4-7-14/h2-4,6-7,9,11,15H,5,8,10,12-13H2,1H3,(H,20,24)/t15-/m0/s1. The predicted molar refractivity (Wildman–Crippen MR) is 97.5 cm³/mol. The van der Waals surface area contributed by atoms with Crippen LogP contribution < -0.4 is 5.32 Å². The van der Waals surface area contributed by atoms with Gasteiger partial charge in [-0.2, -0.15) is 0 Å². The van der Waals surface area contributed by atoms with Gasteiger partial charge in [0.2, 0.25) is 0 Å². The number of piperidine rings is 1. The quantitative estimate of drug-likeness (QED) is 0.914. The van der Waals surface area contributed by atoms with Crippen LogP contribution in [0.1, 0.15) is 28.2 Å². The van der Waals surface area contributed by atoms with Crippen molar-refractivity contribution in [1.29, 1.82) is 0 Å². The summed E-state index contributed by atoms with van der Waals surface area (Å²) >= 11 is 1.53. The summed E-state index contributed by atoms with van der Waals surface area (Å²) in [6.45, 7) is 1.77. The van der Waals surface area contributed by atoms with Crippen LogP contribution in [0, 0.1) is 0 Å². The van der Waals surface area contributed by atoms with Crippen LogP contribution in [0.4, 0.5) is 4.79 Å². The van der Waals surface area contributed by atoms with Gasteiger partial charge in [-0.05, 0) is 25.0 Å². The van der Waals surface area contributed by atoms with Crippen LogP contribution in [0.5, 0.6) is 0 Å². The van der Waals surface area contributed by atoms with Gasteiger partial charge in [-0.3, -0.25) is 4.79 Å². The molecule has 1 aromatic carbocycles. The van der Waals surface area contributed by atoms with Crippen molar-refractivity contribution in [3.8, 4) is 0 Å². The van der Waals surface area contributed by atoms with Crippen molar-refractivity contribution in [2.45, 2.75) is 25.4 Å². The average molecular weight is 358 g/mol. The molecule has 1 N–H and O–H groups in total. The molecule has 0 saturated carbocycles. The minimum atomic E-state index is -0.130. The van der Waals surface area contributed by atoms with Gasteiger partial charge in [0.25, 0.3) is 5.91 Å². The maximum atomic E-state index is 12.6. The number of rotatable bonds is 4. The largest absolute Gasteiger partial charge is 0.337 e. The van der Waals surface area contributed by atoms with Gasteiger partial charge in [0.05, 0.1) is 6.54 Å². The van der Waals surface area contributed by atoms with Gasteiger partial charge in [-0.15, -0.1) is 11.3 Å². The van der Waals surface area contributed by atoms with E-state index in [-0.39, 0.29) is 18.0 Å². The van der Waals surface area contributed by atoms with Gasteiger partial charge in [0.1, 0.15) is 5.01 Å². The van der Waals surface area contributed by atoms with E-state index in [9.17, 15) is 9.59 Å². The van der Waals surface area contributed by atoms with Gasteiger partial charge in [-0.1, -0.05) is 18.2 Å². The zero-order chi connectivity index (χ0) is 17.6. The predicted octanol–water partition coefficient (Wildman–Crippen LogP) is 2.59. The van der Waals surface area contributed by atoms with Crippen LogP contribution in [0.3, 0.4) is 0 Å². The van der Waals surface area contributed by atoms with Crippen molar-refractivity contribution >= 4 is 23.3 Å². The first-order valence-electron chi connectivity index (χ1n) is 8.38. The molecule has 25 heavy (non-hydrogen) atoms. The number of benzene rings is 1. The molecule has 1 atom stereocenters. The van der Waals surface area contributed by atoms with E-state index in [1.807, 2.05) is 40.6 Å². The molecule has 0 aliphatic carbocycles. The molecule has 6 nitrogen and oxygen atoms in total. The van der Waals surface area contributed by atoms with Crippen LogP contribution in [-0.4, -0.2) is 52.9 Å². The Morgan fingerprint density at radius 2 is 2.16 bits per heavy atom. The van der Waals surface area contributed by atoms with E-state index < -0.39 is 0 Å². The molecule has 1 aliphatic rings. The van der Waals surface area contributed by atoms with Crippen LogP contribution in [0.2, 0.25) is 0 Å². The SMILES string of the molecule is CN(Cc1nccs1)C(=O)N[C@H]1CCCN(C(=O)c2ccccc2)C1. The van der Waals surface area contributed by atoms with Crippen molar-refractivity contribution in [2.24, 2.45) is 0 Å². The highest BCUT2D eigenvalue weighted by atomic mass is 32.1. The summed E-state index contributed by atoms with van der Waals surface area (Å²) in [4.78, 5) is 32.6. The summed E-state index contributed by atoms with van der Waals surface area (Å²) in [5, 5.41) is 5.84. The molecule has 0 spiro atoms.